The molecule has 0 bridgehead atoms. The van der Waals surface area contributed by atoms with E-state index in [0.29, 0.717) is 19.5 Å². The van der Waals surface area contributed by atoms with E-state index in [0.717, 1.165) is 41.1 Å². The fraction of sp³-hybridized carbons (Fsp3) is 0.360. The van der Waals surface area contributed by atoms with Crippen LogP contribution in [0.25, 0.3) is 11.1 Å². The zero-order chi connectivity index (χ0) is 21.8. The number of aromatic nitrogens is 3. The van der Waals surface area contributed by atoms with Crippen LogP contribution in [0.2, 0.25) is 0 Å². The molecule has 5 nitrogen and oxygen atoms in total. The van der Waals surface area contributed by atoms with E-state index in [2.05, 4.69) is 18.8 Å². The van der Waals surface area contributed by atoms with Gasteiger partial charge in [0, 0.05) is 43.2 Å². The lowest BCUT2D eigenvalue weighted by Gasteiger charge is -2.31. The summed E-state index contributed by atoms with van der Waals surface area (Å²) < 4.78 is 13.1. The first-order chi connectivity index (χ1) is 15.0. The zero-order valence-electron chi connectivity index (χ0n) is 18.0. The minimum Gasteiger partial charge on any atom is -0.342 e. The van der Waals surface area contributed by atoms with Crippen molar-refractivity contribution in [3.63, 3.8) is 0 Å². The van der Waals surface area contributed by atoms with Crippen molar-refractivity contribution in [2.75, 3.05) is 13.1 Å². The van der Waals surface area contributed by atoms with Crippen molar-refractivity contribution in [1.29, 1.82) is 0 Å². The lowest BCUT2D eigenvalue weighted by atomic mass is 9.94. The van der Waals surface area contributed by atoms with Crippen molar-refractivity contribution in [3.05, 3.63) is 77.9 Å². The van der Waals surface area contributed by atoms with Gasteiger partial charge >= 0.3 is 0 Å². The van der Waals surface area contributed by atoms with Crippen LogP contribution in [0.4, 0.5) is 4.39 Å². The van der Waals surface area contributed by atoms with Crippen LogP contribution in [0.5, 0.6) is 0 Å². The van der Waals surface area contributed by atoms with Crippen molar-refractivity contribution >= 4 is 5.91 Å². The van der Waals surface area contributed by atoms with Gasteiger partial charge in [-0.1, -0.05) is 26.0 Å². The Morgan fingerprint density at radius 1 is 1.10 bits per heavy atom. The molecule has 0 N–H and O–H groups in total. The number of hydrogen-bond donors (Lipinski definition) is 0. The standard InChI is InChI=1S/C25H27FN4O/c1-17(2)24-22(19-7-11-27-12-8-19)16-28-25(29-24)20-9-13-30(14-10-20)23(31)15-18-3-5-21(26)6-4-18/h3-8,11-12,16-17,20H,9-10,13-15H2,1-2H3. The molecule has 3 aromatic rings. The Morgan fingerprint density at radius 3 is 2.42 bits per heavy atom. The minimum absolute atomic E-state index is 0.0851. The molecule has 0 atom stereocenters. The highest BCUT2D eigenvalue weighted by molar-refractivity contribution is 5.78. The topological polar surface area (TPSA) is 59.0 Å². The smallest absolute Gasteiger partial charge is 0.226 e. The molecular weight excluding hydrogens is 391 g/mol. The summed E-state index contributed by atoms with van der Waals surface area (Å²) in [7, 11) is 0. The van der Waals surface area contributed by atoms with Gasteiger partial charge in [0.05, 0.1) is 12.1 Å². The predicted molar refractivity (Wildman–Crippen MR) is 118 cm³/mol. The Morgan fingerprint density at radius 2 is 1.77 bits per heavy atom. The highest BCUT2D eigenvalue weighted by atomic mass is 19.1. The SMILES string of the molecule is CC(C)c1nc(C2CCN(C(=O)Cc3ccc(F)cc3)CC2)ncc1-c1ccncc1. The van der Waals surface area contributed by atoms with E-state index in [-0.39, 0.29) is 23.6 Å². The van der Waals surface area contributed by atoms with Gasteiger partial charge in [-0.25, -0.2) is 14.4 Å². The van der Waals surface area contributed by atoms with Gasteiger partial charge in [0.1, 0.15) is 11.6 Å². The number of amides is 1. The molecule has 1 aromatic carbocycles. The molecule has 0 saturated carbocycles. The summed E-state index contributed by atoms with van der Waals surface area (Å²) >= 11 is 0. The monoisotopic (exact) mass is 418 g/mol. The van der Waals surface area contributed by atoms with Crippen LogP contribution in [0.3, 0.4) is 0 Å². The van der Waals surface area contributed by atoms with Crippen molar-refractivity contribution < 1.29 is 9.18 Å². The van der Waals surface area contributed by atoms with Crippen LogP contribution in [0, 0.1) is 5.82 Å². The number of benzene rings is 1. The number of likely N-dealkylation sites (tertiary alicyclic amines) is 1. The summed E-state index contributed by atoms with van der Waals surface area (Å²) in [5.41, 5.74) is 4.01. The second kappa shape index (κ2) is 9.33. The van der Waals surface area contributed by atoms with Gasteiger partial charge in [-0.05, 0) is 54.2 Å². The first kappa shape index (κ1) is 21.1. The van der Waals surface area contributed by atoms with Crippen LogP contribution in [0.15, 0.2) is 55.0 Å². The van der Waals surface area contributed by atoms with Crippen LogP contribution in [-0.4, -0.2) is 38.8 Å². The summed E-state index contributed by atoms with van der Waals surface area (Å²) in [5, 5.41) is 0. The molecule has 31 heavy (non-hydrogen) atoms. The van der Waals surface area contributed by atoms with Crippen LogP contribution in [-0.2, 0) is 11.2 Å². The van der Waals surface area contributed by atoms with Crippen LogP contribution < -0.4 is 0 Å². The molecule has 0 spiro atoms. The normalized spacial score (nSPS) is 14.8. The van der Waals surface area contributed by atoms with E-state index in [9.17, 15) is 9.18 Å². The number of piperidine rings is 1. The molecule has 1 saturated heterocycles. The van der Waals surface area contributed by atoms with Gasteiger partial charge in [0.15, 0.2) is 0 Å². The fourth-order valence-corrected chi connectivity index (χ4v) is 4.08. The van der Waals surface area contributed by atoms with Crippen molar-refractivity contribution in [3.8, 4) is 11.1 Å². The molecule has 4 rings (SSSR count). The summed E-state index contributed by atoms with van der Waals surface area (Å²) in [4.78, 5) is 28.3. The Bertz CT molecular complexity index is 1030. The third-order valence-electron chi connectivity index (χ3n) is 5.86. The minimum atomic E-state index is -0.285. The van der Waals surface area contributed by atoms with E-state index < -0.39 is 0 Å². The maximum absolute atomic E-state index is 13.1. The molecule has 0 radical (unpaired) electrons. The molecule has 0 unspecified atom stereocenters. The molecule has 1 aliphatic heterocycles. The van der Waals surface area contributed by atoms with Crippen molar-refractivity contribution in [1.82, 2.24) is 19.9 Å². The number of halogens is 1. The number of hydrogen-bond acceptors (Lipinski definition) is 4. The van der Waals surface area contributed by atoms with Crippen LogP contribution >= 0.6 is 0 Å². The first-order valence-electron chi connectivity index (χ1n) is 10.8. The second-order valence-corrected chi connectivity index (χ2v) is 8.38. The molecule has 2 aromatic heterocycles. The largest absolute Gasteiger partial charge is 0.342 e. The number of carbonyl (C=O) groups excluding carboxylic acids is 1. The van der Waals surface area contributed by atoms with E-state index in [1.165, 1.54) is 12.1 Å². The lowest BCUT2D eigenvalue weighted by molar-refractivity contribution is -0.131. The predicted octanol–water partition coefficient (Wildman–Crippen LogP) is 4.75. The molecule has 1 fully saturated rings. The third-order valence-corrected chi connectivity index (χ3v) is 5.86. The summed E-state index contributed by atoms with van der Waals surface area (Å²) in [6.07, 6.45) is 7.50. The maximum Gasteiger partial charge on any atom is 0.226 e. The number of rotatable bonds is 5. The number of pyridine rings is 1. The number of nitrogens with zero attached hydrogens (tertiary/aromatic N) is 4. The third kappa shape index (κ3) is 4.95. The quantitative estimate of drug-likeness (QED) is 0.600. The van der Waals surface area contributed by atoms with E-state index in [1.54, 1.807) is 24.5 Å². The van der Waals surface area contributed by atoms with Gasteiger partial charge in [-0.15, -0.1) is 0 Å². The zero-order valence-corrected chi connectivity index (χ0v) is 18.0. The van der Waals surface area contributed by atoms with E-state index in [4.69, 9.17) is 9.97 Å². The molecular formula is C25H27FN4O. The Labute approximate surface area is 182 Å². The molecule has 1 aliphatic rings. The molecule has 3 heterocycles. The van der Waals surface area contributed by atoms with Gasteiger partial charge in [0.25, 0.3) is 0 Å². The highest BCUT2D eigenvalue weighted by Gasteiger charge is 2.26. The van der Waals surface area contributed by atoms with E-state index >= 15 is 0 Å². The van der Waals surface area contributed by atoms with Gasteiger partial charge in [0.2, 0.25) is 5.91 Å². The molecule has 1 amide bonds. The average molecular weight is 419 g/mol. The molecule has 160 valence electrons. The van der Waals surface area contributed by atoms with Crippen molar-refractivity contribution in [2.24, 2.45) is 0 Å². The van der Waals surface area contributed by atoms with Gasteiger partial charge < -0.3 is 4.90 Å². The molecule has 0 aliphatic carbocycles. The number of carbonyl (C=O) groups is 1. The Hall–Kier alpha value is -3.15. The Kier molecular flexibility index (Phi) is 6.35. The second-order valence-electron chi connectivity index (χ2n) is 8.38. The average Bonchev–Trinajstić information content (AvgIpc) is 2.81. The first-order valence-corrected chi connectivity index (χ1v) is 10.8. The summed E-state index contributed by atoms with van der Waals surface area (Å²) in [6, 6.07) is 10.1. The van der Waals surface area contributed by atoms with Crippen LogP contribution in [0.1, 0.15) is 55.6 Å². The van der Waals surface area contributed by atoms with Gasteiger partial charge in [-0.3, -0.25) is 9.78 Å². The van der Waals surface area contributed by atoms with Crippen molar-refractivity contribution in [2.45, 2.75) is 44.9 Å². The van der Waals surface area contributed by atoms with Gasteiger partial charge in [-0.2, -0.15) is 0 Å². The lowest BCUT2D eigenvalue weighted by Crippen LogP contribution is -2.39. The van der Waals surface area contributed by atoms with E-state index in [1.807, 2.05) is 23.2 Å². The highest BCUT2D eigenvalue weighted by Crippen LogP contribution is 2.31. The molecule has 6 heteroatoms. The fourth-order valence-electron chi connectivity index (χ4n) is 4.08. The Balaban J connectivity index is 1.43. The summed E-state index contributed by atoms with van der Waals surface area (Å²) in [5.74, 6) is 1.20. The maximum atomic E-state index is 13.1. The summed E-state index contributed by atoms with van der Waals surface area (Å²) in [6.45, 7) is 5.68.